The molecule has 3 N–H and O–H groups in total. The predicted molar refractivity (Wildman–Crippen MR) is 70.2 cm³/mol. The second kappa shape index (κ2) is 4.92. The van der Waals surface area contributed by atoms with Crippen LogP contribution in [0.2, 0.25) is 0 Å². The summed E-state index contributed by atoms with van der Waals surface area (Å²) in [4.78, 5) is 12.2. The summed E-state index contributed by atoms with van der Waals surface area (Å²) < 4.78 is 2.12. The average molecular weight is 263 g/mol. The zero-order valence-corrected chi connectivity index (χ0v) is 11.3. The van der Waals surface area contributed by atoms with Crippen LogP contribution < -0.4 is 11.1 Å². The van der Waals surface area contributed by atoms with Gasteiger partial charge in [-0.15, -0.1) is 10.2 Å². The SMILES string of the molecule is CC(NC(=O)C1CCCC1N)c1nnc2n1CCC2. The first kappa shape index (κ1) is 12.6. The number of hydrogen-bond acceptors (Lipinski definition) is 4. The van der Waals surface area contributed by atoms with Gasteiger partial charge in [-0.1, -0.05) is 6.42 Å². The summed E-state index contributed by atoms with van der Waals surface area (Å²) in [5, 5.41) is 11.4. The largest absolute Gasteiger partial charge is 0.346 e. The molecule has 0 aromatic carbocycles. The second-order valence-electron chi connectivity index (χ2n) is 5.66. The molecule has 3 rings (SSSR count). The summed E-state index contributed by atoms with van der Waals surface area (Å²) in [7, 11) is 0. The van der Waals surface area contributed by atoms with Crippen molar-refractivity contribution in [2.24, 2.45) is 11.7 Å². The van der Waals surface area contributed by atoms with Crippen LogP contribution in [0.5, 0.6) is 0 Å². The Bertz CT molecular complexity index is 483. The van der Waals surface area contributed by atoms with Gasteiger partial charge >= 0.3 is 0 Å². The lowest BCUT2D eigenvalue weighted by Crippen LogP contribution is -2.40. The highest BCUT2D eigenvalue weighted by molar-refractivity contribution is 5.80. The zero-order chi connectivity index (χ0) is 13.4. The van der Waals surface area contributed by atoms with Crippen molar-refractivity contribution in [1.29, 1.82) is 0 Å². The molecule has 0 saturated heterocycles. The van der Waals surface area contributed by atoms with Gasteiger partial charge in [-0.2, -0.15) is 0 Å². The molecule has 6 nitrogen and oxygen atoms in total. The fourth-order valence-corrected chi connectivity index (χ4v) is 3.19. The number of carbonyl (C=O) groups is 1. The third-order valence-electron chi connectivity index (χ3n) is 4.29. The topological polar surface area (TPSA) is 85.8 Å². The van der Waals surface area contributed by atoms with Crippen LogP contribution >= 0.6 is 0 Å². The summed E-state index contributed by atoms with van der Waals surface area (Å²) in [6.07, 6.45) is 5.01. The molecule has 1 aromatic rings. The van der Waals surface area contributed by atoms with Gasteiger partial charge in [0, 0.05) is 19.0 Å². The van der Waals surface area contributed by atoms with Gasteiger partial charge in [0.1, 0.15) is 5.82 Å². The molecule has 2 heterocycles. The van der Waals surface area contributed by atoms with Gasteiger partial charge in [0.15, 0.2) is 5.82 Å². The molecule has 0 radical (unpaired) electrons. The number of aromatic nitrogens is 3. The Labute approximate surface area is 112 Å². The maximum atomic E-state index is 12.2. The van der Waals surface area contributed by atoms with Crippen molar-refractivity contribution < 1.29 is 4.79 Å². The standard InChI is InChI=1S/C13H21N5O/c1-8(12-17-16-11-6-3-7-18(11)12)15-13(19)9-4-2-5-10(9)14/h8-10H,2-7,14H2,1H3,(H,15,19). The van der Waals surface area contributed by atoms with Crippen LogP contribution in [0.15, 0.2) is 0 Å². The minimum atomic E-state index is -0.0975. The number of nitrogens with zero attached hydrogens (tertiary/aromatic N) is 3. The number of nitrogens with one attached hydrogen (secondary N) is 1. The quantitative estimate of drug-likeness (QED) is 0.833. The number of nitrogens with two attached hydrogens (primary N) is 1. The number of hydrogen-bond donors (Lipinski definition) is 2. The van der Waals surface area contributed by atoms with Gasteiger partial charge < -0.3 is 15.6 Å². The number of rotatable bonds is 3. The van der Waals surface area contributed by atoms with Gasteiger partial charge in [0.05, 0.1) is 12.0 Å². The molecule has 1 aromatic heterocycles. The van der Waals surface area contributed by atoms with Crippen LogP contribution in [0.3, 0.4) is 0 Å². The Kier molecular flexibility index (Phi) is 3.26. The predicted octanol–water partition coefficient (Wildman–Crippen LogP) is 0.529. The van der Waals surface area contributed by atoms with E-state index in [4.69, 9.17) is 5.73 Å². The van der Waals surface area contributed by atoms with Crippen molar-refractivity contribution in [3.63, 3.8) is 0 Å². The summed E-state index contributed by atoms with van der Waals surface area (Å²) in [5.41, 5.74) is 5.97. The van der Waals surface area contributed by atoms with Crippen molar-refractivity contribution in [2.45, 2.75) is 57.7 Å². The average Bonchev–Trinajstić information content (AvgIpc) is 3.02. The highest BCUT2D eigenvalue weighted by atomic mass is 16.2. The molecule has 2 aliphatic rings. The minimum absolute atomic E-state index is 0.0105. The number of carbonyl (C=O) groups excluding carboxylic acids is 1. The third-order valence-corrected chi connectivity index (χ3v) is 4.29. The molecule has 1 amide bonds. The van der Waals surface area contributed by atoms with Crippen LogP contribution in [-0.2, 0) is 17.8 Å². The van der Waals surface area contributed by atoms with E-state index < -0.39 is 0 Å². The molecular formula is C13H21N5O. The molecule has 104 valence electrons. The molecule has 0 bridgehead atoms. The van der Waals surface area contributed by atoms with Crippen molar-refractivity contribution in [3.8, 4) is 0 Å². The fraction of sp³-hybridized carbons (Fsp3) is 0.769. The normalized spacial score (nSPS) is 27.3. The van der Waals surface area contributed by atoms with Crippen LogP contribution in [0.1, 0.15) is 50.3 Å². The van der Waals surface area contributed by atoms with E-state index in [0.717, 1.165) is 50.3 Å². The first-order valence-electron chi connectivity index (χ1n) is 7.14. The Morgan fingerprint density at radius 2 is 2.26 bits per heavy atom. The maximum Gasteiger partial charge on any atom is 0.225 e. The molecule has 6 heteroatoms. The van der Waals surface area contributed by atoms with Crippen LogP contribution in [0, 0.1) is 5.92 Å². The first-order valence-corrected chi connectivity index (χ1v) is 7.14. The smallest absolute Gasteiger partial charge is 0.225 e. The van der Waals surface area contributed by atoms with Crippen LogP contribution in [0.25, 0.3) is 0 Å². The van der Waals surface area contributed by atoms with E-state index in [-0.39, 0.29) is 23.9 Å². The molecule has 0 spiro atoms. The van der Waals surface area contributed by atoms with Crippen molar-refractivity contribution in [2.75, 3.05) is 0 Å². The molecule has 3 unspecified atom stereocenters. The maximum absolute atomic E-state index is 12.2. The van der Waals surface area contributed by atoms with E-state index in [1.54, 1.807) is 0 Å². The molecule has 1 fully saturated rings. The summed E-state index contributed by atoms with van der Waals surface area (Å²) in [6, 6.07) is -0.0871. The third kappa shape index (κ3) is 2.25. The van der Waals surface area contributed by atoms with E-state index in [0.29, 0.717) is 0 Å². The van der Waals surface area contributed by atoms with E-state index in [1.165, 1.54) is 0 Å². The highest BCUT2D eigenvalue weighted by Crippen LogP contribution is 2.25. The summed E-state index contributed by atoms with van der Waals surface area (Å²) in [5.74, 6) is 1.93. The van der Waals surface area contributed by atoms with Crippen molar-refractivity contribution in [3.05, 3.63) is 11.6 Å². The molecule has 1 aliphatic heterocycles. The Hall–Kier alpha value is -1.43. The lowest BCUT2D eigenvalue weighted by molar-refractivity contribution is -0.125. The van der Waals surface area contributed by atoms with Crippen molar-refractivity contribution >= 4 is 5.91 Å². The minimum Gasteiger partial charge on any atom is -0.346 e. The zero-order valence-electron chi connectivity index (χ0n) is 11.3. The first-order chi connectivity index (χ1) is 9.16. The molecule has 1 aliphatic carbocycles. The van der Waals surface area contributed by atoms with Gasteiger partial charge in [-0.3, -0.25) is 4.79 Å². The fourth-order valence-electron chi connectivity index (χ4n) is 3.19. The number of aryl methyl sites for hydroxylation is 1. The van der Waals surface area contributed by atoms with Gasteiger partial charge in [-0.25, -0.2) is 0 Å². The van der Waals surface area contributed by atoms with Gasteiger partial charge in [0.25, 0.3) is 0 Å². The Balaban J connectivity index is 1.67. The second-order valence-corrected chi connectivity index (χ2v) is 5.66. The molecular weight excluding hydrogens is 242 g/mol. The molecule has 1 saturated carbocycles. The van der Waals surface area contributed by atoms with E-state index in [1.807, 2.05) is 6.92 Å². The lowest BCUT2D eigenvalue weighted by Gasteiger charge is -2.19. The van der Waals surface area contributed by atoms with Gasteiger partial charge in [-0.05, 0) is 26.2 Å². The Morgan fingerprint density at radius 3 is 3.00 bits per heavy atom. The monoisotopic (exact) mass is 263 g/mol. The summed E-state index contributed by atoms with van der Waals surface area (Å²) in [6.45, 7) is 2.93. The number of amides is 1. The molecule has 19 heavy (non-hydrogen) atoms. The van der Waals surface area contributed by atoms with Crippen molar-refractivity contribution in [1.82, 2.24) is 20.1 Å². The van der Waals surface area contributed by atoms with E-state index >= 15 is 0 Å². The van der Waals surface area contributed by atoms with Gasteiger partial charge in [0.2, 0.25) is 5.91 Å². The van der Waals surface area contributed by atoms with Crippen LogP contribution in [0.4, 0.5) is 0 Å². The van der Waals surface area contributed by atoms with Crippen LogP contribution in [-0.4, -0.2) is 26.7 Å². The number of fused-ring (bicyclic) bond motifs is 1. The highest BCUT2D eigenvalue weighted by Gasteiger charge is 2.32. The molecule has 3 atom stereocenters. The summed E-state index contributed by atoms with van der Waals surface area (Å²) >= 11 is 0. The van der Waals surface area contributed by atoms with E-state index in [9.17, 15) is 4.79 Å². The lowest BCUT2D eigenvalue weighted by atomic mass is 10.0. The Morgan fingerprint density at radius 1 is 1.42 bits per heavy atom. The van der Waals surface area contributed by atoms with E-state index in [2.05, 4.69) is 20.1 Å².